The first-order chi connectivity index (χ1) is 16.4. The predicted octanol–water partition coefficient (Wildman–Crippen LogP) is 8.77. The van der Waals surface area contributed by atoms with Gasteiger partial charge in [-0.15, -0.1) is 0 Å². The summed E-state index contributed by atoms with van der Waals surface area (Å²) in [4.78, 5) is 2.42. The molecule has 3 aromatic rings. The van der Waals surface area contributed by atoms with E-state index in [0.717, 1.165) is 5.57 Å². The van der Waals surface area contributed by atoms with Crippen molar-refractivity contribution in [3.8, 4) is 0 Å². The number of anilines is 1. The summed E-state index contributed by atoms with van der Waals surface area (Å²) >= 11 is 0. The lowest BCUT2D eigenvalue weighted by molar-refractivity contribution is 0.347. The van der Waals surface area contributed by atoms with E-state index in [9.17, 15) is 0 Å². The molecule has 1 heteroatoms. The number of hydrogen-bond acceptors (Lipinski definition) is 1. The lowest BCUT2D eigenvalue weighted by Crippen LogP contribution is -2.31. The fourth-order valence-electron chi connectivity index (χ4n) is 6.55. The summed E-state index contributed by atoms with van der Waals surface area (Å²) in [6, 6.07) is 22.2. The van der Waals surface area contributed by atoms with E-state index in [0.29, 0.717) is 0 Å². The zero-order chi connectivity index (χ0) is 23.9. The molecule has 5 rings (SSSR count). The first kappa shape index (κ1) is 22.7. The van der Waals surface area contributed by atoms with Crippen molar-refractivity contribution in [3.05, 3.63) is 113 Å². The molecule has 0 N–H and O–H groups in total. The van der Waals surface area contributed by atoms with Crippen molar-refractivity contribution >= 4 is 16.5 Å². The molecule has 174 valence electrons. The van der Waals surface area contributed by atoms with Gasteiger partial charge in [0.2, 0.25) is 0 Å². The highest BCUT2D eigenvalue weighted by molar-refractivity contribution is 5.88. The molecule has 1 fully saturated rings. The highest BCUT2D eigenvalue weighted by atomic mass is 15.2. The first-order valence-electron chi connectivity index (χ1n) is 12.8. The average molecular weight is 448 g/mol. The molecule has 0 atom stereocenters. The second-order valence-corrected chi connectivity index (χ2v) is 10.8. The number of benzene rings is 3. The van der Waals surface area contributed by atoms with Gasteiger partial charge in [-0.1, -0.05) is 106 Å². The van der Waals surface area contributed by atoms with Crippen LogP contribution in [-0.2, 0) is 10.8 Å². The van der Waals surface area contributed by atoms with Gasteiger partial charge >= 0.3 is 0 Å². The molecule has 0 saturated heterocycles. The Morgan fingerprint density at radius 3 is 2.44 bits per heavy atom. The van der Waals surface area contributed by atoms with Crippen molar-refractivity contribution in [2.75, 3.05) is 11.9 Å². The minimum Gasteiger partial charge on any atom is -0.347 e. The van der Waals surface area contributed by atoms with Gasteiger partial charge in [0.25, 0.3) is 0 Å². The van der Waals surface area contributed by atoms with Gasteiger partial charge in [0.1, 0.15) is 0 Å². The number of allylic oxidation sites excluding steroid dienone is 5. The van der Waals surface area contributed by atoms with Gasteiger partial charge in [-0.3, -0.25) is 0 Å². The molecule has 1 aliphatic carbocycles. The van der Waals surface area contributed by atoms with Crippen LogP contribution < -0.4 is 4.90 Å². The van der Waals surface area contributed by atoms with Crippen LogP contribution in [0.15, 0.2) is 96.7 Å². The van der Waals surface area contributed by atoms with E-state index in [1.54, 1.807) is 0 Å². The maximum absolute atomic E-state index is 4.55. The van der Waals surface area contributed by atoms with Crippen molar-refractivity contribution < 1.29 is 0 Å². The summed E-state index contributed by atoms with van der Waals surface area (Å²) in [7, 11) is 2.24. The molecular weight excluding hydrogens is 410 g/mol. The number of fused-ring (bicyclic) bond motifs is 3. The Morgan fingerprint density at radius 2 is 1.65 bits per heavy atom. The Morgan fingerprint density at radius 1 is 0.941 bits per heavy atom. The molecule has 34 heavy (non-hydrogen) atoms. The van der Waals surface area contributed by atoms with Crippen LogP contribution in [0.3, 0.4) is 0 Å². The van der Waals surface area contributed by atoms with Gasteiger partial charge in [-0.2, -0.15) is 0 Å². The molecule has 3 aromatic carbocycles. The van der Waals surface area contributed by atoms with Gasteiger partial charge in [-0.25, -0.2) is 0 Å². The van der Waals surface area contributed by atoms with Crippen LogP contribution in [0.4, 0.5) is 5.69 Å². The van der Waals surface area contributed by atoms with E-state index in [1.165, 1.54) is 71.0 Å². The molecule has 2 aliphatic rings. The zero-order valence-corrected chi connectivity index (χ0v) is 21.2. The Labute approximate surface area is 205 Å². The topological polar surface area (TPSA) is 3.24 Å². The minimum absolute atomic E-state index is 0.160. The van der Waals surface area contributed by atoms with Crippen LogP contribution in [0.25, 0.3) is 10.8 Å². The third-order valence-electron chi connectivity index (χ3n) is 8.46. The summed E-state index contributed by atoms with van der Waals surface area (Å²) in [6.07, 6.45) is 13.3. The Kier molecular flexibility index (Phi) is 5.76. The maximum Gasteiger partial charge on any atom is 0.0448 e. The second kappa shape index (κ2) is 8.62. The average Bonchev–Trinajstić information content (AvgIpc) is 3.07. The van der Waals surface area contributed by atoms with Crippen LogP contribution in [0.1, 0.15) is 62.6 Å². The van der Waals surface area contributed by atoms with Gasteiger partial charge in [0.05, 0.1) is 0 Å². The van der Waals surface area contributed by atoms with Gasteiger partial charge in [0, 0.05) is 29.3 Å². The van der Waals surface area contributed by atoms with Crippen LogP contribution in [0.2, 0.25) is 0 Å². The fourth-order valence-corrected chi connectivity index (χ4v) is 6.55. The lowest BCUT2D eigenvalue weighted by Gasteiger charge is -2.36. The third kappa shape index (κ3) is 3.54. The number of para-hydroxylation sites is 1. The summed E-state index contributed by atoms with van der Waals surface area (Å²) in [5.74, 6) is 0. The normalized spacial score (nSPS) is 18.8. The Balaban J connectivity index is 1.50. The molecule has 0 radical (unpaired) electrons. The molecule has 1 spiro atoms. The standard InChI is InChI=1S/C33H37N/c1-24-20-21-26-15-7-8-16-27(26)31(24)32(3,4)25(2)14-13-19-30-33(22-11-6-12-23-33)28-17-9-10-18-29(28)34(30)5/h7-10,13-21H,2,6,11-12,22-23H2,1,3-5H3/b14-13+,30-19+. The van der Waals surface area contributed by atoms with Crippen molar-refractivity contribution in [3.63, 3.8) is 0 Å². The number of hydrogen-bond donors (Lipinski definition) is 0. The summed E-state index contributed by atoms with van der Waals surface area (Å²) in [5, 5.41) is 2.62. The molecule has 0 unspecified atom stereocenters. The molecule has 1 nitrogen and oxygen atoms in total. The quantitative estimate of drug-likeness (QED) is 0.361. The monoisotopic (exact) mass is 447 g/mol. The summed E-state index contributed by atoms with van der Waals surface area (Å²) < 4.78 is 0. The largest absolute Gasteiger partial charge is 0.347 e. The van der Waals surface area contributed by atoms with Crippen LogP contribution in [-0.4, -0.2) is 7.05 Å². The lowest BCUT2D eigenvalue weighted by atomic mass is 9.68. The molecule has 0 amide bonds. The van der Waals surface area contributed by atoms with Crippen molar-refractivity contribution in [2.45, 2.75) is 63.7 Å². The summed E-state index contributed by atoms with van der Waals surface area (Å²) in [6.45, 7) is 11.4. The van der Waals surface area contributed by atoms with Crippen LogP contribution in [0, 0.1) is 6.92 Å². The minimum atomic E-state index is -0.160. The predicted molar refractivity (Wildman–Crippen MR) is 148 cm³/mol. The smallest absolute Gasteiger partial charge is 0.0448 e. The highest BCUT2D eigenvalue weighted by Crippen LogP contribution is 2.54. The van der Waals surface area contributed by atoms with Gasteiger partial charge in [0.15, 0.2) is 0 Å². The molecular formula is C33H37N. The van der Waals surface area contributed by atoms with E-state index in [1.807, 2.05) is 0 Å². The van der Waals surface area contributed by atoms with E-state index in [4.69, 9.17) is 0 Å². The number of rotatable bonds is 4. The molecule has 1 saturated carbocycles. The van der Waals surface area contributed by atoms with Gasteiger partial charge < -0.3 is 4.90 Å². The first-order valence-corrected chi connectivity index (χ1v) is 12.8. The zero-order valence-electron chi connectivity index (χ0n) is 21.2. The number of aryl methyl sites for hydroxylation is 1. The van der Waals surface area contributed by atoms with Crippen LogP contribution in [0.5, 0.6) is 0 Å². The SMILES string of the molecule is C=C(/C=C/C=C1/N(C)c2ccccc2C12CCCCC2)C(C)(C)c1c(C)ccc2ccccc12. The van der Waals surface area contributed by atoms with E-state index >= 15 is 0 Å². The van der Waals surface area contributed by atoms with Crippen LogP contribution >= 0.6 is 0 Å². The highest BCUT2D eigenvalue weighted by Gasteiger charge is 2.45. The maximum atomic E-state index is 4.55. The molecule has 0 aromatic heterocycles. The van der Waals surface area contributed by atoms with Crippen molar-refractivity contribution in [1.82, 2.24) is 0 Å². The van der Waals surface area contributed by atoms with Crippen molar-refractivity contribution in [2.24, 2.45) is 0 Å². The third-order valence-corrected chi connectivity index (χ3v) is 8.46. The molecule has 1 aliphatic heterocycles. The van der Waals surface area contributed by atoms with E-state index in [2.05, 4.69) is 118 Å². The molecule has 0 bridgehead atoms. The summed E-state index contributed by atoms with van der Waals surface area (Å²) in [5.41, 5.74) is 8.17. The van der Waals surface area contributed by atoms with E-state index < -0.39 is 0 Å². The Bertz CT molecular complexity index is 1300. The fraction of sp³-hybridized carbons (Fsp3) is 0.333. The van der Waals surface area contributed by atoms with E-state index in [-0.39, 0.29) is 10.8 Å². The second-order valence-electron chi connectivity index (χ2n) is 10.8. The number of nitrogens with zero attached hydrogens (tertiary/aromatic N) is 1. The Hall–Kier alpha value is -3.06. The molecule has 1 heterocycles. The number of likely N-dealkylation sites (N-methyl/N-ethyl adjacent to an activating group) is 1. The van der Waals surface area contributed by atoms with Crippen molar-refractivity contribution in [1.29, 1.82) is 0 Å². The van der Waals surface area contributed by atoms with Gasteiger partial charge in [-0.05, 0) is 64.9 Å².